The third-order valence-electron chi connectivity index (χ3n) is 2.26. The van der Waals surface area contributed by atoms with Crippen molar-refractivity contribution in [3.05, 3.63) is 40.1 Å². The molecule has 0 bridgehead atoms. The van der Waals surface area contributed by atoms with Crippen LogP contribution in [0.1, 0.15) is 16.3 Å². The molecule has 2 aromatic rings. The Kier molecular flexibility index (Phi) is 2.97. The first kappa shape index (κ1) is 10.1. The zero-order valence-electron chi connectivity index (χ0n) is 8.60. The molecule has 0 aromatic carbocycles. The van der Waals surface area contributed by atoms with Crippen LogP contribution < -0.4 is 5.73 Å². The van der Waals surface area contributed by atoms with Gasteiger partial charge in [-0.25, -0.2) is 4.98 Å². The van der Waals surface area contributed by atoms with Crippen LogP contribution in [0.2, 0.25) is 0 Å². The first-order valence-corrected chi connectivity index (χ1v) is 5.73. The molecule has 0 spiro atoms. The van der Waals surface area contributed by atoms with Gasteiger partial charge in [0.2, 0.25) is 0 Å². The molecule has 2 N–H and O–H groups in total. The van der Waals surface area contributed by atoms with Gasteiger partial charge in [0.25, 0.3) is 0 Å². The minimum absolute atomic E-state index is 0.817. The second kappa shape index (κ2) is 4.40. The van der Waals surface area contributed by atoms with E-state index >= 15 is 0 Å². The van der Waals surface area contributed by atoms with Crippen molar-refractivity contribution in [3.63, 3.8) is 0 Å². The average Bonchev–Trinajstić information content (AvgIpc) is 2.63. The van der Waals surface area contributed by atoms with Gasteiger partial charge in [0.05, 0.1) is 10.7 Å². The lowest BCUT2D eigenvalue weighted by Gasteiger charge is -2.02. The first-order chi connectivity index (χ1) is 7.25. The highest BCUT2D eigenvalue weighted by molar-refractivity contribution is 7.09. The highest BCUT2D eigenvalue weighted by Gasteiger charge is 2.02. The van der Waals surface area contributed by atoms with Gasteiger partial charge in [-0.05, 0) is 31.4 Å². The van der Waals surface area contributed by atoms with Gasteiger partial charge in [0.15, 0.2) is 0 Å². The molecule has 3 nitrogen and oxygen atoms in total. The van der Waals surface area contributed by atoms with Crippen molar-refractivity contribution < 1.29 is 0 Å². The molecule has 0 saturated carbocycles. The predicted octanol–water partition coefficient (Wildman–Crippen LogP) is 2.21. The molecule has 0 aliphatic carbocycles. The van der Waals surface area contributed by atoms with Gasteiger partial charge >= 0.3 is 0 Å². The number of nitrogens with zero attached hydrogens (tertiary/aromatic N) is 2. The highest BCUT2D eigenvalue weighted by atomic mass is 32.1. The molecule has 2 rings (SSSR count). The predicted molar refractivity (Wildman–Crippen MR) is 62.9 cm³/mol. The quantitative estimate of drug-likeness (QED) is 0.861. The van der Waals surface area contributed by atoms with Crippen LogP contribution >= 0.6 is 11.3 Å². The lowest BCUT2D eigenvalue weighted by atomic mass is 10.1. The number of pyridine rings is 1. The van der Waals surface area contributed by atoms with E-state index in [1.54, 1.807) is 17.5 Å². The Labute approximate surface area is 93.0 Å². The van der Waals surface area contributed by atoms with Gasteiger partial charge in [-0.15, -0.1) is 11.3 Å². The number of rotatable bonds is 3. The van der Waals surface area contributed by atoms with Gasteiger partial charge in [0, 0.05) is 23.5 Å². The van der Waals surface area contributed by atoms with E-state index in [9.17, 15) is 0 Å². The largest absolute Gasteiger partial charge is 0.398 e. The second-order valence-electron chi connectivity index (χ2n) is 3.43. The standard InChI is InChI=1S/C11H13N3S/c1-8-14-10(7-15-8)3-2-9-6-13-5-4-11(9)12/h4-7H,2-3H2,1H3,(H2,12,13). The van der Waals surface area contributed by atoms with E-state index in [1.165, 1.54) is 0 Å². The van der Waals surface area contributed by atoms with Gasteiger partial charge in [-0.2, -0.15) is 0 Å². The molecule has 2 heterocycles. The summed E-state index contributed by atoms with van der Waals surface area (Å²) in [7, 11) is 0. The number of thiazole rings is 1. The molecule has 0 amide bonds. The summed E-state index contributed by atoms with van der Waals surface area (Å²) in [6.45, 7) is 2.02. The van der Waals surface area contributed by atoms with Crippen molar-refractivity contribution in [3.8, 4) is 0 Å². The van der Waals surface area contributed by atoms with Gasteiger partial charge in [-0.3, -0.25) is 4.98 Å². The topological polar surface area (TPSA) is 51.8 Å². The van der Waals surface area contributed by atoms with E-state index in [1.807, 2.05) is 19.2 Å². The van der Waals surface area contributed by atoms with Gasteiger partial charge in [0.1, 0.15) is 0 Å². The molecule has 0 fully saturated rings. The maximum atomic E-state index is 5.83. The Bertz CT molecular complexity index is 451. The number of anilines is 1. The molecule has 0 atom stereocenters. The summed E-state index contributed by atoms with van der Waals surface area (Å²) in [5, 5.41) is 3.21. The summed E-state index contributed by atoms with van der Waals surface area (Å²) >= 11 is 1.69. The van der Waals surface area contributed by atoms with E-state index in [-0.39, 0.29) is 0 Å². The minimum atomic E-state index is 0.817. The van der Waals surface area contributed by atoms with E-state index in [0.29, 0.717) is 0 Å². The number of hydrogen-bond acceptors (Lipinski definition) is 4. The lowest BCUT2D eigenvalue weighted by Crippen LogP contribution is -1.98. The molecule has 15 heavy (non-hydrogen) atoms. The second-order valence-corrected chi connectivity index (χ2v) is 4.49. The minimum Gasteiger partial charge on any atom is -0.398 e. The summed E-state index contributed by atoms with van der Waals surface area (Å²) in [4.78, 5) is 8.48. The fourth-order valence-corrected chi connectivity index (χ4v) is 2.08. The van der Waals surface area contributed by atoms with Crippen molar-refractivity contribution in [2.75, 3.05) is 5.73 Å². The summed E-state index contributed by atoms with van der Waals surface area (Å²) < 4.78 is 0. The molecule has 0 unspecified atom stereocenters. The Morgan fingerprint density at radius 1 is 1.40 bits per heavy atom. The maximum Gasteiger partial charge on any atom is 0.0897 e. The maximum absolute atomic E-state index is 5.83. The molecule has 0 radical (unpaired) electrons. The van der Waals surface area contributed by atoms with Crippen LogP contribution in [0, 0.1) is 6.92 Å². The van der Waals surface area contributed by atoms with E-state index in [2.05, 4.69) is 15.3 Å². The number of hydrogen-bond donors (Lipinski definition) is 1. The smallest absolute Gasteiger partial charge is 0.0897 e. The number of aromatic nitrogens is 2. The summed E-state index contributed by atoms with van der Waals surface area (Å²) in [5.74, 6) is 0. The molecule has 4 heteroatoms. The SMILES string of the molecule is Cc1nc(CCc2cnccc2N)cs1. The fraction of sp³-hybridized carbons (Fsp3) is 0.273. The molecule has 0 aliphatic rings. The van der Waals surface area contributed by atoms with Crippen LogP contribution in [0.3, 0.4) is 0 Å². The molecule has 0 aliphatic heterocycles. The van der Waals surface area contributed by atoms with Crippen molar-refractivity contribution >= 4 is 17.0 Å². The molecule has 2 aromatic heterocycles. The van der Waals surface area contributed by atoms with Crippen LogP contribution in [0.25, 0.3) is 0 Å². The number of nitrogen functional groups attached to an aromatic ring is 1. The lowest BCUT2D eigenvalue weighted by molar-refractivity contribution is 0.915. The van der Waals surface area contributed by atoms with Crippen LogP contribution in [-0.2, 0) is 12.8 Å². The van der Waals surface area contributed by atoms with Crippen LogP contribution in [0.4, 0.5) is 5.69 Å². The Morgan fingerprint density at radius 2 is 2.27 bits per heavy atom. The van der Waals surface area contributed by atoms with E-state index in [4.69, 9.17) is 5.73 Å². The number of aryl methyl sites for hydroxylation is 3. The first-order valence-electron chi connectivity index (χ1n) is 4.85. The third kappa shape index (κ3) is 2.53. The normalized spacial score (nSPS) is 10.5. The van der Waals surface area contributed by atoms with E-state index in [0.717, 1.165) is 34.8 Å². The van der Waals surface area contributed by atoms with Gasteiger partial charge < -0.3 is 5.73 Å². The monoisotopic (exact) mass is 219 g/mol. The zero-order chi connectivity index (χ0) is 10.7. The van der Waals surface area contributed by atoms with Gasteiger partial charge in [-0.1, -0.05) is 0 Å². The molecular formula is C11H13N3S. The van der Waals surface area contributed by atoms with Crippen LogP contribution in [0.15, 0.2) is 23.8 Å². The third-order valence-corrected chi connectivity index (χ3v) is 3.08. The van der Waals surface area contributed by atoms with Crippen LogP contribution in [0.5, 0.6) is 0 Å². The molecule has 0 saturated heterocycles. The highest BCUT2D eigenvalue weighted by Crippen LogP contribution is 2.14. The Balaban J connectivity index is 2.02. The van der Waals surface area contributed by atoms with Crippen molar-refractivity contribution in [1.29, 1.82) is 0 Å². The van der Waals surface area contributed by atoms with Crippen molar-refractivity contribution in [2.45, 2.75) is 19.8 Å². The Hall–Kier alpha value is -1.42. The average molecular weight is 219 g/mol. The van der Waals surface area contributed by atoms with E-state index < -0.39 is 0 Å². The summed E-state index contributed by atoms with van der Waals surface area (Å²) in [6.07, 6.45) is 5.38. The number of nitrogens with two attached hydrogens (primary N) is 1. The molecule has 78 valence electrons. The summed E-state index contributed by atoms with van der Waals surface area (Å²) in [5.41, 5.74) is 8.89. The molecular weight excluding hydrogens is 206 g/mol. The summed E-state index contributed by atoms with van der Waals surface area (Å²) in [6, 6.07) is 1.83. The zero-order valence-corrected chi connectivity index (χ0v) is 9.42. The van der Waals surface area contributed by atoms with Crippen LogP contribution in [-0.4, -0.2) is 9.97 Å². The fourth-order valence-electron chi connectivity index (χ4n) is 1.43. The van der Waals surface area contributed by atoms with Crippen molar-refractivity contribution in [2.24, 2.45) is 0 Å². The Morgan fingerprint density at radius 3 is 2.93 bits per heavy atom. The van der Waals surface area contributed by atoms with Crippen molar-refractivity contribution in [1.82, 2.24) is 9.97 Å².